The summed E-state index contributed by atoms with van der Waals surface area (Å²) in [5.74, 6) is 0.268. The number of nitrogens with zero attached hydrogens (tertiary/aromatic N) is 1. The quantitative estimate of drug-likeness (QED) is 0.706. The molecule has 2 rings (SSSR count). The largest absolute Gasteiger partial charge is 0.417 e. The minimum Gasteiger partial charge on any atom is -0.259 e. The summed E-state index contributed by atoms with van der Waals surface area (Å²) in [6.45, 7) is 0. The predicted molar refractivity (Wildman–Crippen MR) is 46.2 cm³/mol. The maximum Gasteiger partial charge on any atom is 0.417 e. The number of halogens is 4. The molecule has 0 radical (unpaired) electrons. The molecule has 76 valence electrons. The highest BCUT2D eigenvalue weighted by Crippen LogP contribution is 2.43. The van der Waals surface area contributed by atoms with E-state index in [0.29, 0.717) is 5.69 Å². The Morgan fingerprint density at radius 3 is 2.43 bits per heavy atom. The van der Waals surface area contributed by atoms with Gasteiger partial charge in [-0.25, -0.2) is 0 Å². The Balaban J connectivity index is 2.35. The molecule has 0 N–H and O–H groups in total. The lowest BCUT2D eigenvalue weighted by Gasteiger charge is -2.08. The summed E-state index contributed by atoms with van der Waals surface area (Å²) in [4.78, 5) is 3.75. The van der Waals surface area contributed by atoms with E-state index in [9.17, 15) is 13.2 Å². The van der Waals surface area contributed by atoms with Crippen LogP contribution in [-0.2, 0) is 6.18 Å². The van der Waals surface area contributed by atoms with Crippen LogP contribution < -0.4 is 0 Å². The van der Waals surface area contributed by atoms with Crippen molar-refractivity contribution in [2.45, 2.75) is 24.9 Å². The molecule has 1 heterocycles. The van der Waals surface area contributed by atoms with E-state index in [0.717, 1.165) is 25.1 Å². The van der Waals surface area contributed by atoms with Crippen molar-refractivity contribution in [2.75, 3.05) is 0 Å². The van der Waals surface area contributed by atoms with Crippen molar-refractivity contribution in [3.8, 4) is 0 Å². The van der Waals surface area contributed by atoms with Crippen LogP contribution in [0.2, 0.25) is 5.02 Å². The van der Waals surface area contributed by atoms with E-state index in [2.05, 4.69) is 4.98 Å². The maximum atomic E-state index is 12.2. The average molecular weight is 222 g/mol. The first kappa shape index (κ1) is 9.77. The van der Waals surface area contributed by atoms with E-state index in [1.807, 2.05) is 0 Å². The summed E-state index contributed by atoms with van der Waals surface area (Å²) in [6.07, 6.45) is -1.57. The third-order valence-corrected chi connectivity index (χ3v) is 2.46. The van der Waals surface area contributed by atoms with Crippen molar-refractivity contribution >= 4 is 11.6 Å². The van der Waals surface area contributed by atoms with Gasteiger partial charge < -0.3 is 0 Å². The topological polar surface area (TPSA) is 12.9 Å². The molecule has 1 aromatic heterocycles. The zero-order valence-electron chi connectivity index (χ0n) is 7.11. The molecular formula is C9H7ClF3N. The van der Waals surface area contributed by atoms with Crippen molar-refractivity contribution in [2.24, 2.45) is 0 Å². The van der Waals surface area contributed by atoms with Crippen LogP contribution in [0.25, 0.3) is 0 Å². The zero-order valence-corrected chi connectivity index (χ0v) is 7.86. The number of aromatic nitrogens is 1. The molecule has 1 aliphatic carbocycles. The van der Waals surface area contributed by atoms with Crippen LogP contribution >= 0.6 is 11.6 Å². The third-order valence-electron chi connectivity index (χ3n) is 2.16. The number of hydrogen-bond donors (Lipinski definition) is 0. The Morgan fingerprint density at radius 2 is 2.00 bits per heavy atom. The molecule has 0 saturated heterocycles. The second-order valence-corrected chi connectivity index (χ2v) is 3.77. The SMILES string of the molecule is FC(F)(F)c1cnc(C2CC2)c(Cl)c1. The molecule has 14 heavy (non-hydrogen) atoms. The first-order valence-corrected chi connectivity index (χ1v) is 4.59. The fourth-order valence-electron chi connectivity index (χ4n) is 1.26. The van der Waals surface area contributed by atoms with E-state index in [1.165, 1.54) is 0 Å². The first-order valence-electron chi connectivity index (χ1n) is 4.21. The van der Waals surface area contributed by atoms with Gasteiger partial charge in [0.1, 0.15) is 0 Å². The summed E-state index contributed by atoms with van der Waals surface area (Å²) in [5.41, 5.74) is -0.188. The molecule has 0 atom stereocenters. The first-order chi connectivity index (χ1) is 6.48. The Morgan fingerprint density at radius 1 is 1.36 bits per heavy atom. The predicted octanol–water partition coefficient (Wildman–Crippen LogP) is 3.63. The molecule has 1 aromatic rings. The van der Waals surface area contributed by atoms with Gasteiger partial charge in [0, 0.05) is 12.1 Å². The van der Waals surface area contributed by atoms with Crippen LogP contribution in [0, 0.1) is 0 Å². The van der Waals surface area contributed by atoms with Gasteiger partial charge in [-0.1, -0.05) is 11.6 Å². The van der Waals surface area contributed by atoms with Crippen LogP contribution in [0.5, 0.6) is 0 Å². The maximum absolute atomic E-state index is 12.2. The second-order valence-electron chi connectivity index (χ2n) is 3.36. The molecule has 1 aliphatic rings. The smallest absolute Gasteiger partial charge is 0.259 e. The van der Waals surface area contributed by atoms with Crippen LogP contribution in [0.1, 0.15) is 30.0 Å². The summed E-state index contributed by atoms with van der Waals surface area (Å²) in [5, 5.41) is 0.127. The van der Waals surface area contributed by atoms with E-state index >= 15 is 0 Å². The Hall–Kier alpha value is -0.770. The number of hydrogen-bond acceptors (Lipinski definition) is 1. The molecular weight excluding hydrogens is 215 g/mol. The highest BCUT2D eigenvalue weighted by molar-refractivity contribution is 6.31. The molecule has 0 aliphatic heterocycles. The Bertz CT molecular complexity index is 358. The van der Waals surface area contributed by atoms with Gasteiger partial charge in [0.15, 0.2) is 0 Å². The molecule has 5 heteroatoms. The van der Waals surface area contributed by atoms with Gasteiger partial charge >= 0.3 is 6.18 Å². The summed E-state index contributed by atoms with van der Waals surface area (Å²) in [6, 6.07) is 0.947. The molecule has 1 nitrogen and oxygen atoms in total. The van der Waals surface area contributed by atoms with Crippen molar-refractivity contribution in [1.82, 2.24) is 4.98 Å². The fraction of sp³-hybridized carbons (Fsp3) is 0.444. The Kier molecular flexibility index (Phi) is 2.18. The summed E-state index contributed by atoms with van der Waals surface area (Å²) >= 11 is 5.71. The fourth-order valence-corrected chi connectivity index (χ4v) is 1.58. The van der Waals surface area contributed by atoms with Gasteiger partial charge in [-0.15, -0.1) is 0 Å². The van der Waals surface area contributed by atoms with E-state index in [-0.39, 0.29) is 10.9 Å². The van der Waals surface area contributed by atoms with Crippen LogP contribution in [0.15, 0.2) is 12.3 Å². The van der Waals surface area contributed by atoms with Gasteiger partial charge in [-0.05, 0) is 18.9 Å². The van der Waals surface area contributed by atoms with Gasteiger partial charge in [0.2, 0.25) is 0 Å². The van der Waals surface area contributed by atoms with Crippen LogP contribution in [0.3, 0.4) is 0 Å². The number of pyridine rings is 1. The lowest BCUT2D eigenvalue weighted by molar-refractivity contribution is -0.137. The highest BCUT2D eigenvalue weighted by Gasteiger charge is 2.33. The van der Waals surface area contributed by atoms with Gasteiger partial charge in [-0.3, -0.25) is 4.98 Å². The standard InChI is InChI=1S/C9H7ClF3N/c10-7-3-6(9(11,12)13)4-14-8(7)5-1-2-5/h3-5H,1-2H2. The molecule has 0 amide bonds. The minimum absolute atomic E-state index is 0.127. The third kappa shape index (κ3) is 1.85. The van der Waals surface area contributed by atoms with Crippen molar-refractivity contribution < 1.29 is 13.2 Å². The molecule has 0 aromatic carbocycles. The van der Waals surface area contributed by atoms with Gasteiger partial charge in [-0.2, -0.15) is 13.2 Å². The molecule has 1 fully saturated rings. The number of rotatable bonds is 1. The summed E-state index contributed by atoms with van der Waals surface area (Å²) < 4.78 is 36.7. The van der Waals surface area contributed by atoms with Crippen molar-refractivity contribution in [3.63, 3.8) is 0 Å². The van der Waals surface area contributed by atoms with E-state index in [4.69, 9.17) is 11.6 Å². The van der Waals surface area contributed by atoms with Crippen molar-refractivity contribution in [3.05, 3.63) is 28.5 Å². The molecule has 1 saturated carbocycles. The second kappa shape index (κ2) is 3.12. The van der Waals surface area contributed by atoms with E-state index in [1.54, 1.807) is 0 Å². The highest BCUT2D eigenvalue weighted by atomic mass is 35.5. The van der Waals surface area contributed by atoms with Crippen molar-refractivity contribution in [1.29, 1.82) is 0 Å². The van der Waals surface area contributed by atoms with Gasteiger partial charge in [0.25, 0.3) is 0 Å². The normalized spacial score (nSPS) is 17.1. The molecule has 0 bridgehead atoms. The number of alkyl halides is 3. The average Bonchev–Trinajstić information content (AvgIpc) is 2.85. The van der Waals surface area contributed by atoms with Crippen LogP contribution in [-0.4, -0.2) is 4.98 Å². The monoisotopic (exact) mass is 221 g/mol. The molecule has 0 unspecified atom stereocenters. The lowest BCUT2D eigenvalue weighted by Crippen LogP contribution is -2.06. The zero-order chi connectivity index (χ0) is 10.3. The van der Waals surface area contributed by atoms with Crippen LogP contribution in [0.4, 0.5) is 13.2 Å². The lowest BCUT2D eigenvalue weighted by atomic mass is 10.2. The summed E-state index contributed by atoms with van der Waals surface area (Å²) in [7, 11) is 0. The van der Waals surface area contributed by atoms with E-state index < -0.39 is 11.7 Å². The van der Waals surface area contributed by atoms with Gasteiger partial charge in [0.05, 0.1) is 16.3 Å². The molecule has 0 spiro atoms. The Labute approximate surface area is 83.9 Å². The minimum atomic E-state index is -4.36.